The third kappa shape index (κ3) is 4.12. The standard InChI is InChI=1S/C18H20N2O2/c1-3-10-20-18(21)15-8-9-16(19)17(11-15)22-12-14-6-4-13(2)5-7-14/h3-9,11H,1,10,12,19H2,2H3,(H,20,21). The Hall–Kier alpha value is -2.75. The van der Waals surface area contributed by atoms with Gasteiger partial charge in [-0.3, -0.25) is 4.79 Å². The fourth-order valence-electron chi connectivity index (χ4n) is 1.91. The summed E-state index contributed by atoms with van der Waals surface area (Å²) in [5.74, 6) is 0.326. The maximum Gasteiger partial charge on any atom is 0.251 e. The second-order valence-electron chi connectivity index (χ2n) is 5.03. The van der Waals surface area contributed by atoms with Gasteiger partial charge in [-0.25, -0.2) is 0 Å². The smallest absolute Gasteiger partial charge is 0.251 e. The molecule has 0 saturated heterocycles. The molecule has 2 aromatic rings. The molecule has 0 fully saturated rings. The van der Waals surface area contributed by atoms with E-state index in [1.54, 1.807) is 24.3 Å². The maximum atomic E-state index is 11.9. The molecule has 0 spiro atoms. The number of nitrogens with one attached hydrogen (secondary N) is 1. The maximum absolute atomic E-state index is 11.9. The average molecular weight is 296 g/mol. The van der Waals surface area contributed by atoms with Crippen molar-refractivity contribution in [1.29, 1.82) is 0 Å². The van der Waals surface area contributed by atoms with Crippen LogP contribution in [0.3, 0.4) is 0 Å². The third-order valence-corrected chi connectivity index (χ3v) is 3.20. The first kappa shape index (κ1) is 15.6. The van der Waals surface area contributed by atoms with Gasteiger partial charge in [0.1, 0.15) is 12.4 Å². The van der Waals surface area contributed by atoms with Crippen molar-refractivity contribution in [3.05, 3.63) is 71.8 Å². The number of nitrogen functional groups attached to an aromatic ring is 1. The summed E-state index contributed by atoms with van der Waals surface area (Å²) in [6.07, 6.45) is 1.63. The zero-order valence-corrected chi connectivity index (χ0v) is 12.6. The van der Waals surface area contributed by atoms with E-state index in [4.69, 9.17) is 10.5 Å². The molecule has 0 unspecified atom stereocenters. The summed E-state index contributed by atoms with van der Waals surface area (Å²) in [7, 11) is 0. The summed E-state index contributed by atoms with van der Waals surface area (Å²) < 4.78 is 5.73. The van der Waals surface area contributed by atoms with Gasteiger partial charge < -0.3 is 15.8 Å². The number of carbonyl (C=O) groups excluding carboxylic acids is 1. The van der Waals surface area contributed by atoms with Gasteiger partial charge in [-0.15, -0.1) is 6.58 Å². The van der Waals surface area contributed by atoms with Crippen LogP contribution in [0.5, 0.6) is 5.75 Å². The van der Waals surface area contributed by atoms with Crippen LogP contribution in [0.1, 0.15) is 21.5 Å². The normalized spacial score (nSPS) is 10.0. The minimum absolute atomic E-state index is 0.180. The van der Waals surface area contributed by atoms with Gasteiger partial charge in [0.2, 0.25) is 0 Å². The second-order valence-corrected chi connectivity index (χ2v) is 5.03. The highest BCUT2D eigenvalue weighted by Gasteiger charge is 2.09. The van der Waals surface area contributed by atoms with E-state index in [1.807, 2.05) is 31.2 Å². The van der Waals surface area contributed by atoms with Crippen molar-refractivity contribution in [2.75, 3.05) is 12.3 Å². The topological polar surface area (TPSA) is 64.4 Å². The molecular weight excluding hydrogens is 276 g/mol. The average Bonchev–Trinajstić information content (AvgIpc) is 2.53. The SMILES string of the molecule is C=CCNC(=O)c1ccc(N)c(OCc2ccc(C)cc2)c1. The van der Waals surface area contributed by atoms with E-state index in [9.17, 15) is 4.79 Å². The van der Waals surface area contributed by atoms with Crippen LogP contribution in [-0.4, -0.2) is 12.5 Å². The zero-order valence-electron chi connectivity index (χ0n) is 12.6. The number of nitrogens with two attached hydrogens (primary N) is 1. The lowest BCUT2D eigenvalue weighted by Crippen LogP contribution is -2.23. The molecule has 0 saturated carbocycles. The summed E-state index contributed by atoms with van der Waals surface area (Å²) in [5, 5.41) is 2.72. The quantitative estimate of drug-likeness (QED) is 0.636. The molecule has 1 amide bonds. The van der Waals surface area contributed by atoms with Gasteiger partial charge in [0, 0.05) is 12.1 Å². The van der Waals surface area contributed by atoms with Gasteiger partial charge in [0.25, 0.3) is 5.91 Å². The second kappa shape index (κ2) is 7.31. The van der Waals surface area contributed by atoms with Gasteiger partial charge in [0.05, 0.1) is 5.69 Å². The van der Waals surface area contributed by atoms with Crippen LogP contribution in [0.4, 0.5) is 5.69 Å². The van der Waals surface area contributed by atoms with Crippen molar-refractivity contribution in [2.24, 2.45) is 0 Å². The van der Waals surface area contributed by atoms with E-state index in [1.165, 1.54) is 5.56 Å². The largest absolute Gasteiger partial charge is 0.487 e. The molecular formula is C18H20N2O2. The van der Waals surface area contributed by atoms with Crippen LogP contribution in [0.25, 0.3) is 0 Å². The number of benzene rings is 2. The number of rotatable bonds is 6. The zero-order chi connectivity index (χ0) is 15.9. The Balaban J connectivity index is 2.08. The lowest BCUT2D eigenvalue weighted by Gasteiger charge is -2.11. The summed E-state index contributed by atoms with van der Waals surface area (Å²) >= 11 is 0. The number of amides is 1. The molecule has 4 nitrogen and oxygen atoms in total. The Kier molecular flexibility index (Phi) is 5.20. The van der Waals surface area contributed by atoms with Crippen molar-refractivity contribution >= 4 is 11.6 Å². The Bertz CT molecular complexity index is 663. The van der Waals surface area contributed by atoms with E-state index < -0.39 is 0 Å². The van der Waals surface area contributed by atoms with Crippen LogP contribution in [0, 0.1) is 6.92 Å². The van der Waals surface area contributed by atoms with Crippen LogP contribution in [-0.2, 0) is 6.61 Å². The molecule has 0 aliphatic heterocycles. The molecule has 0 atom stereocenters. The van der Waals surface area contributed by atoms with Gasteiger partial charge in [0.15, 0.2) is 0 Å². The van der Waals surface area contributed by atoms with E-state index in [2.05, 4.69) is 11.9 Å². The lowest BCUT2D eigenvalue weighted by atomic mass is 10.1. The predicted octanol–water partition coefficient (Wildman–Crippen LogP) is 3.07. The fourth-order valence-corrected chi connectivity index (χ4v) is 1.91. The molecule has 114 valence electrons. The van der Waals surface area contributed by atoms with Crippen molar-refractivity contribution in [3.63, 3.8) is 0 Å². The van der Waals surface area contributed by atoms with Crippen LogP contribution >= 0.6 is 0 Å². The van der Waals surface area contributed by atoms with Crippen molar-refractivity contribution in [3.8, 4) is 5.75 Å². The summed E-state index contributed by atoms with van der Waals surface area (Å²) in [5.41, 5.74) is 9.17. The first-order valence-corrected chi connectivity index (χ1v) is 7.07. The van der Waals surface area contributed by atoms with Crippen molar-refractivity contribution < 1.29 is 9.53 Å². The Labute approximate surface area is 130 Å². The van der Waals surface area contributed by atoms with Crippen molar-refractivity contribution in [1.82, 2.24) is 5.32 Å². The Morgan fingerprint density at radius 3 is 2.68 bits per heavy atom. The van der Waals surface area contributed by atoms with Gasteiger partial charge in [-0.1, -0.05) is 35.9 Å². The summed E-state index contributed by atoms with van der Waals surface area (Å²) in [4.78, 5) is 11.9. The summed E-state index contributed by atoms with van der Waals surface area (Å²) in [6.45, 7) is 6.43. The first-order chi connectivity index (χ1) is 10.6. The molecule has 2 aromatic carbocycles. The molecule has 0 aromatic heterocycles. The van der Waals surface area contributed by atoms with E-state index in [0.717, 1.165) is 5.56 Å². The minimum Gasteiger partial charge on any atom is -0.487 e. The number of aryl methyl sites for hydroxylation is 1. The third-order valence-electron chi connectivity index (χ3n) is 3.20. The van der Waals surface area contributed by atoms with E-state index in [-0.39, 0.29) is 5.91 Å². The molecule has 0 bridgehead atoms. The first-order valence-electron chi connectivity index (χ1n) is 7.07. The Morgan fingerprint density at radius 1 is 1.27 bits per heavy atom. The molecule has 0 radical (unpaired) electrons. The number of carbonyl (C=O) groups is 1. The van der Waals surface area contributed by atoms with Gasteiger partial charge in [-0.05, 0) is 30.7 Å². The Morgan fingerprint density at radius 2 is 2.00 bits per heavy atom. The molecule has 0 aliphatic rings. The fraction of sp³-hybridized carbons (Fsp3) is 0.167. The van der Waals surface area contributed by atoms with Gasteiger partial charge in [-0.2, -0.15) is 0 Å². The minimum atomic E-state index is -0.180. The molecule has 2 rings (SSSR count). The molecule has 4 heteroatoms. The molecule has 3 N–H and O–H groups in total. The molecule has 0 aliphatic carbocycles. The number of hydrogen-bond acceptors (Lipinski definition) is 3. The lowest BCUT2D eigenvalue weighted by molar-refractivity contribution is 0.0957. The highest BCUT2D eigenvalue weighted by molar-refractivity contribution is 5.95. The van der Waals surface area contributed by atoms with Crippen LogP contribution < -0.4 is 15.8 Å². The van der Waals surface area contributed by atoms with E-state index >= 15 is 0 Å². The molecule has 0 heterocycles. The molecule has 22 heavy (non-hydrogen) atoms. The van der Waals surface area contributed by atoms with Crippen LogP contribution in [0.15, 0.2) is 55.1 Å². The summed E-state index contributed by atoms with van der Waals surface area (Å²) in [6, 6.07) is 13.1. The number of hydrogen-bond donors (Lipinski definition) is 2. The highest BCUT2D eigenvalue weighted by atomic mass is 16.5. The predicted molar refractivity (Wildman–Crippen MR) is 88.9 cm³/mol. The number of anilines is 1. The van der Waals surface area contributed by atoms with Crippen molar-refractivity contribution in [2.45, 2.75) is 13.5 Å². The number of ether oxygens (including phenoxy) is 1. The van der Waals surface area contributed by atoms with Gasteiger partial charge >= 0.3 is 0 Å². The monoisotopic (exact) mass is 296 g/mol. The highest BCUT2D eigenvalue weighted by Crippen LogP contribution is 2.24. The van der Waals surface area contributed by atoms with E-state index in [0.29, 0.717) is 30.2 Å². The van der Waals surface area contributed by atoms with Crippen LogP contribution in [0.2, 0.25) is 0 Å².